The number of nitro benzene ring substituents is 1. The van der Waals surface area contributed by atoms with Crippen LogP contribution < -0.4 is 5.32 Å². The van der Waals surface area contributed by atoms with E-state index in [1.54, 1.807) is 0 Å². The molecule has 9 heteroatoms. The van der Waals surface area contributed by atoms with Crippen molar-refractivity contribution in [2.24, 2.45) is 0 Å². The lowest BCUT2D eigenvalue weighted by Gasteiger charge is -2.05. The molecule has 0 bridgehead atoms. The van der Waals surface area contributed by atoms with Crippen LogP contribution in [-0.2, 0) is 9.05 Å². The first-order chi connectivity index (χ1) is 10.3. The zero-order chi connectivity index (χ0) is 16.3. The minimum atomic E-state index is -3.82. The standard InChI is InChI=1S/C13H9ClN2O5S/c14-22(20,21)12-7-3-10(4-8-12)15-13(17)9-1-5-11(6-2-9)16(18)19/h1-8H,(H,15,17). The first-order valence-corrected chi connectivity index (χ1v) is 8.19. The highest BCUT2D eigenvalue weighted by molar-refractivity contribution is 8.13. The van der Waals surface area contributed by atoms with E-state index in [0.29, 0.717) is 5.69 Å². The molecule has 1 amide bonds. The second-order valence-corrected chi connectivity index (χ2v) is 6.79. The van der Waals surface area contributed by atoms with Gasteiger partial charge in [0, 0.05) is 34.1 Å². The van der Waals surface area contributed by atoms with E-state index in [0.717, 1.165) is 0 Å². The maximum atomic E-state index is 12.0. The van der Waals surface area contributed by atoms with E-state index in [1.165, 1.54) is 48.5 Å². The molecule has 114 valence electrons. The quantitative estimate of drug-likeness (QED) is 0.523. The van der Waals surface area contributed by atoms with E-state index < -0.39 is 19.9 Å². The number of benzene rings is 2. The van der Waals surface area contributed by atoms with Crippen LogP contribution in [0.15, 0.2) is 53.4 Å². The van der Waals surface area contributed by atoms with Crippen molar-refractivity contribution in [3.05, 3.63) is 64.2 Å². The van der Waals surface area contributed by atoms with Crippen molar-refractivity contribution in [1.29, 1.82) is 0 Å². The van der Waals surface area contributed by atoms with Gasteiger partial charge in [-0.3, -0.25) is 14.9 Å². The maximum absolute atomic E-state index is 12.0. The molecule has 22 heavy (non-hydrogen) atoms. The Morgan fingerprint density at radius 3 is 2.05 bits per heavy atom. The molecule has 0 radical (unpaired) electrons. The lowest BCUT2D eigenvalue weighted by molar-refractivity contribution is -0.384. The summed E-state index contributed by atoms with van der Waals surface area (Å²) < 4.78 is 22.2. The Bertz CT molecular complexity index is 817. The van der Waals surface area contributed by atoms with Crippen LogP contribution in [0.4, 0.5) is 11.4 Å². The molecule has 7 nitrogen and oxygen atoms in total. The van der Waals surface area contributed by atoms with Gasteiger partial charge in [0.15, 0.2) is 0 Å². The van der Waals surface area contributed by atoms with Crippen LogP contribution in [0.3, 0.4) is 0 Å². The van der Waals surface area contributed by atoms with E-state index in [-0.39, 0.29) is 16.1 Å². The van der Waals surface area contributed by atoms with E-state index in [4.69, 9.17) is 10.7 Å². The zero-order valence-corrected chi connectivity index (χ0v) is 12.5. The zero-order valence-electron chi connectivity index (χ0n) is 10.9. The number of carbonyl (C=O) groups is 1. The molecule has 0 aliphatic rings. The Morgan fingerprint density at radius 2 is 1.59 bits per heavy atom. The van der Waals surface area contributed by atoms with Crippen molar-refractivity contribution in [2.75, 3.05) is 5.32 Å². The van der Waals surface area contributed by atoms with Crippen molar-refractivity contribution in [3.63, 3.8) is 0 Å². The number of nitrogens with zero attached hydrogens (tertiary/aromatic N) is 1. The van der Waals surface area contributed by atoms with Gasteiger partial charge < -0.3 is 5.32 Å². The second kappa shape index (κ2) is 6.12. The average Bonchev–Trinajstić information content (AvgIpc) is 2.47. The van der Waals surface area contributed by atoms with E-state index in [2.05, 4.69) is 5.32 Å². The molecule has 2 aromatic carbocycles. The number of anilines is 1. The molecule has 0 aliphatic heterocycles. The summed E-state index contributed by atoms with van der Waals surface area (Å²) >= 11 is 0. The number of non-ortho nitro benzene ring substituents is 1. The monoisotopic (exact) mass is 340 g/mol. The minimum Gasteiger partial charge on any atom is -0.322 e. The predicted molar refractivity (Wildman–Crippen MR) is 80.5 cm³/mol. The number of hydrogen-bond acceptors (Lipinski definition) is 5. The highest BCUT2D eigenvalue weighted by Crippen LogP contribution is 2.18. The summed E-state index contributed by atoms with van der Waals surface area (Å²) in [5.74, 6) is -0.476. The lowest BCUT2D eigenvalue weighted by atomic mass is 10.2. The fourth-order valence-electron chi connectivity index (χ4n) is 1.64. The molecule has 0 aliphatic carbocycles. The van der Waals surface area contributed by atoms with E-state index in [1.807, 2.05) is 0 Å². The van der Waals surface area contributed by atoms with Crippen LogP contribution in [0, 0.1) is 10.1 Å². The summed E-state index contributed by atoms with van der Waals surface area (Å²) in [6.45, 7) is 0. The van der Waals surface area contributed by atoms with Gasteiger partial charge in [-0.2, -0.15) is 0 Å². The summed E-state index contributed by atoms with van der Waals surface area (Å²) in [5.41, 5.74) is 0.486. The summed E-state index contributed by atoms with van der Waals surface area (Å²) in [7, 11) is 1.37. The molecule has 0 unspecified atom stereocenters. The van der Waals surface area contributed by atoms with Crippen LogP contribution in [0.25, 0.3) is 0 Å². The SMILES string of the molecule is O=C(Nc1ccc(S(=O)(=O)Cl)cc1)c1ccc([N+](=O)[O-])cc1. The third-order valence-electron chi connectivity index (χ3n) is 2.73. The summed E-state index contributed by atoms with van der Waals surface area (Å²) in [6.07, 6.45) is 0. The fraction of sp³-hybridized carbons (Fsp3) is 0. The lowest BCUT2D eigenvalue weighted by Crippen LogP contribution is -2.11. The van der Waals surface area contributed by atoms with Gasteiger partial charge in [-0.25, -0.2) is 8.42 Å². The molecule has 0 fully saturated rings. The smallest absolute Gasteiger partial charge is 0.269 e. The average molecular weight is 341 g/mol. The number of nitrogens with one attached hydrogen (secondary N) is 1. The van der Waals surface area contributed by atoms with Crippen LogP contribution >= 0.6 is 10.7 Å². The van der Waals surface area contributed by atoms with Crippen LogP contribution in [0.1, 0.15) is 10.4 Å². The number of rotatable bonds is 4. The summed E-state index contributed by atoms with van der Waals surface area (Å²) in [4.78, 5) is 21.8. The number of amides is 1. The Labute approximate surface area is 130 Å². The normalized spacial score (nSPS) is 11.0. The molecular weight excluding hydrogens is 332 g/mol. The molecule has 0 atom stereocenters. The van der Waals surface area contributed by atoms with E-state index >= 15 is 0 Å². The number of nitro groups is 1. The topological polar surface area (TPSA) is 106 Å². The first-order valence-electron chi connectivity index (χ1n) is 5.88. The van der Waals surface area contributed by atoms with Gasteiger partial charge in [0.25, 0.3) is 20.6 Å². The molecule has 2 rings (SSSR count). The van der Waals surface area contributed by atoms with Crippen molar-refractivity contribution in [3.8, 4) is 0 Å². The Balaban J connectivity index is 2.13. The maximum Gasteiger partial charge on any atom is 0.269 e. The Kier molecular flexibility index (Phi) is 4.43. The predicted octanol–water partition coefficient (Wildman–Crippen LogP) is 2.77. The van der Waals surface area contributed by atoms with Gasteiger partial charge in [-0.15, -0.1) is 0 Å². The van der Waals surface area contributed by atoms with Crippen molar-refractivity contribution >= 4 is 37.0 Å². The molecule has 0 aromatic heterocycles. The molecule has 0 saturated carbocycles. The van der Waals surface area contributed by atoms with Gasteiger partial charge in [0.1, 0.15) is 0 Å². The first kappa shape index (κ1) is 15.9. The minimum absolute atomic E-state index is 0.0810. The summed E-state index contributed by atoms with van der Waals surface area (Å²) in [6, 6.07) is 10.4. The molecule has 1 N–H and O–H groups in total. The number of halogens is 1. The molecular formula is C13H9ClN2O5S. The molecule has 0 heterocycles. The van der Waals surface area contributed by atoms with Gasteiger partial charge in [0.05, 0.1) is 9.82 Å². The molecule has 2 aromatic rings. The second-order valence-electron chi connectivity index (χ2n) is 4.22. The highest BCUT2D eigenvalue weighted by Gasteiger charge is 2.12. The van der Waals surface area contributed by atoms with Gasteiger partial charge in [-0.05, 0) is 36.4 Å². The largest absolute Gasteiger partial charge is 0.322 e. The number of carbonyl (C=O) groups excluding carboxylic acids is 1. The van der Waals surface area contributed by atoms with Crippen LogP contribution in [0.5, 0.6) is 0 Å². The van der Waals surface area contributed by atoms with Crippen LogP contribution in [0.2, 0.25) is 0 Å². The van der Waals surface area contributed by atoms with Gasteiger partial charge >= 0.3 is 0 Å². The number of hydrogen-bond donors (Lipinski definition) is 1. The fourth-order valence-corrected chi connectivity index (χ4v) is 2.41. The Hall–Kier alpha value is -2.45. The van der Waals surface area contributed by atoms with Crippen LogP contribution in [-0.4, -0.2) is 19.2 Å². The Morgan fingerprint density at radius 1 is 1.05 bits per heavy atom. The summed E-state index contributed by atoms with van der Waals surface area (Å²) in [5, 5.41) is 13.1. The van der Waals surface area contributed by atoms with Crippen molar-refractivity contribution < 1.29 is 18.1 Å². The van der Waals surface area contributed by atoms with E-state index in [9.17, 15) is 23.3 Å². The molecule has 0 spiro atoms. The molecule has 0 saturated heterocycles. The van der Waals surface area contributed by atoms with Crippen molar-refractivity contribution in [2.45, 2.75) is 4.90 Å². The van der Waals surface area contributed by atoms with Gasteiger partial charge in [-0.1, -0.05) is 0 Å². The third kappa shape index (κ3) is 3.80. The third-order valence-corrected chi connectivity index (χ3v) is 4.10. The van der Waals surface area contributed by atoms with Gasteiger partial charge in [0.2, 0.25) is 0 Å². The van der Waals surface area contributed by atoms with Crippen molar-refractivity contribution in [1.82, 2.24) is 0 Å². The highest BCUT2D eigenvalue weighted by atomic mass is 35.7.